The Bertz CT molecular complexity index is 441. The summed E-state index contributed by atoms with van der Waals surface area (Å²) >= 11 is 0. The second-order valence-corrected chi connectivity index (χ2v) is 6.02. The van der Waals surface area contributed by atoms with E-state index in [0.717, 1.165) is 11.4 Å². The summed E-state index contributed by atoms with van der Waals surface area (Å²) in [7, 11) is 0. The Hall–Kier alpha value is -1.49. The van der Waals surface area contributed by atoms with Crippen molar-refractivity contribution in [1.82, 2.24) is 15.3 Å². The van der Waals surface area contributed by atoms with Crippen LogP contribution in [-0.4, -0.2) is 27.6 Å². The van der Waals surface area contributed by atoms with Gasteiger partial charge in [-0.15, -0.1) is 0 Å². The van der Waals surface area contributed by atoms with Crippen molar-refractivity contribution in [3.05, 3.63) is 23.8 Å². The van der Waals surface area contributed by atoms with Gasteiger partial charge in [0, 0.05) is 37.0 Å². The van der Waals surface area contributed by atoms with Crippen molar-refractivity contribution >= 4 is 5.97 Å². The molecule has 0 aliphatic heterocycles. The number of hydrogen-bond donors (Lipinski definition) is 2. The maximum Gasteiger partial charge on any atom is 0.307 e. The van der Waals surface area contributed by atoms with Crippen LogP contribution < -0.4 is 5.32 Å². The molecule has 0 radical (unpaired) electrons. The maximum atomic E-state index is 11.1. The molecule has 1 aromatic heterocycles. The number of hydrogen-bond acceptors (Lipinski definition) is 4. The lowest BCUT2D eigenvalue weighted by molar-refractivity contribution is -0.142. The molecule has 0 aromatic carbocycles. The molecule has 0 bridgehead atoms. The van der Waals surface area contributed by atoms with E-state index in [2.05, 4.69) is 15.3 Å². The molecule has 0 spiro atoms. The lowest BCUT2D eigenvalue weighted by Gasteiger charge is -2.15. The first-order valence-corrected chi connectivity index (χ1v) is 7.30. The first kappa shape index (κ1) is 14.9. The first-order valence-electron chi connectivity index (χ1n) is 7.30. The summed E-state index contributed by atoms with van der Waals surface area (Å²) in [5.41, 5.74) is 1.00. The molecular weight excluding hydrogens is 254 g/mol. The Morgan fingerprint density at radius 3 is 2.55 bits per heavy atom. The van der Waals surface area contributed by atoms with Gasteiger partial charge in [0.2, 0.25) is 0 Å². The third-order valence-electron chi connectivity index (χ3n) is 3.49. The maximum absolute atomic E-state index is 11.1. The molecule has 20 heavy (non-hydrogen) atoms. The van der Waals surface area contributed by atoms with Gasteiger partial charge in [0.1, 0.15) is 5.82 Å². The number of nitrogens with zero attached hydrogens (tertiary/aromatic N) is 2. The molecule has 1 aromatic rings. The molecule has 1 unspecified atom stereocenters. The number of carboxylic acids is 1. The fourth-order valence-corrected chi connectivity index (χ4v) is 2.24. The van der Waals surface area contributed by atoms with Crippen LogP contribution in [0.1, 0.15) is 50.4 Å². The highest BCUT2D eigenvalue weighted by atomic mass is 16.4. The average molecular weight is 277 g/mol. The Kier molecular flexibility index (Phi) is 5.06. The van der Waals surface area contributed by atoms with Gasteiger partial charge in [-0.25, -0.2) is 9.97 Å². The van der Waals surface area contributed by atoms with E-state index in [1.807, 2.05) is 26.2 Å². The minimum Gasteiger partial charge on any atom is -0.481 e. The molecule has 5 heteroatoms. The van der Waals surface area contributed by atoms with Gasteiger partial charge in [-0.3, -0.25) is 4.79 Å². The SMILES string of the molecule is CC(C)CC(CNCc1cnc(C2CC2)nc1)C(=O)O. The number of nitrogens with one attached hydrogen (secondary N) is 1. The Morgan fingerprint density at radius 2 is 2.05 bits per heavy atom. The van der Waals surface area contributed by atoms with Crippen molar-refractivity contribution in [1.29, 1.82) is 0 Å². The molecule has 1 saturated carbocycles. The van der Waals surface area contributed by atoms with Crippen molar-refractivity contribution in [3.8, 4) is 0 Å². The molecule has 1 atom stereocenters. The van der Waals surface area contributed by atoms with Gasteiger partial charge in [-0.05, 0) is 25.2 Å². The summed E-state index contributed by atoms with van der Waals surface area (Å²) in [5.74, 6) is 0.837. The van der Waals surface area contributed by atoms with Crippen molar-refractivity contribution in [2.45, 2.75) is 45.6 Å². The van der Waals surface area contributed by atoms with Crippen molar-refractivity contribution in [2.75, 3.05) is 6.54 Å². The zero-order chi connectivity index (χ0) is 14.5. The zero-order valence-corrected chi connectivity index (χ0v) is 12.2. The monoisotopic (exact) mass is 277 g/mol. The van der Waals surface area contributed by atoms with Crippen LogP contribution in [0.3, 0.4) is 0 Å². The van der Waals surface area contributed by atoms with Gasteiger partial charge in [0.25, 0.3) is 0 Å². The summed E-state index contributed by atoms with van der Waals surface area (Å²) in [6, 6.07) is 0. The lowest BCUT2D eigenvalue weighted by Crippen LogP contribution is -2.29. The van der Waals surface area contributed by atoms with Gasteiger partial charge < -0.3 is 10.4 Å². The Balaban J connectivity index is 1.77. The third-order valence-corrected chi connectivity index (χ3v) is 3.49. The number of aliphatic carboxylic acids is 1. The smallest absolute Gasteiger partial charge is 0.307 e. The van der Waals surface area contributed by atoms with Gasteiger partial charge in [0.05, 0.1) is 5.92 Å². The van der Waals surface area contributed by atoms with Gasteiger partial charge in [-0.1, -0.05) is 13.8 Å². The van der Waals surface area contributed by atoms with Crippen molar-refractivity contribution < 1.29 is 9.90 Å². The highest BCUT2D eigenvalue weighted by Crippen LogP contribution is 2.37. The van der Waals surface area contributed by atoms with E-state index in [-0.39, 0.29) is 5.92 Å². The summed E-state index contributed by atoms with van der Waals surface area (Å²) in [6.07, 6.45) is 6.78. The number of carbonyl (C=O) groups is 1. The van der Waals surface area contributed by atoms with Crippen molar-refractivity contribution in [2.24, 2.45) is 11.8 Å². The van der Waals surface area contributed by atoms with Crippen LogP contribution in [0.2, 0.25) is 0 Å². The van der Waals surface area contributed by atoms with E-state index in [1.165, 1.54) is 12.8 Å². The van der Waals surface area contributed by atoms with Gasteiger partial charge in [-0.2, -0.15) is 0 Å². The second-order valence-electron chi connectivity index (χ2n) is 6.02. The van der Waals surface area contributed by atoms with E-state index >= 15 is 0 Å². The molecule has 2 rings (SSSR count). The fraction of sp³-hybridized carbons (Fsp3) is 0.667. The van der Waals surface area contributed by atoms with E-state index in [4.69, 9.17) is 5.11 Å². The molecule has 5 nitrogen and oxygen atoms in total. The molecule has 1 aliphatic rings. The fourth-order valence-electron chi connectivity index (χ4n) is 2.24. The molecule has 0 amide bonds. The largest absolute Gasteiger partial charge is 0.481 e. The standard InChI is InChI=1S/C15H23N3O2/c1-10(2)5-13(15(19)20)9-16-6-11-7-17-14(18-8-11)12-3-4-12/h7-8,10,12-13,16H,3-6,9H2,1-2H3,(H,19,20). The van der Waals surface area contributed by atoms with Crippen LogP contribution in [-0.2, 0) is 11.3 Å². The highest BCUT2D eigenvalue weighted by molar-refractivity contribution is 5.70. The van der Waals surface area contributed by atoms with E-state index in [9.17, 15) is 4.79 Å². The molecule has 1 aliphatic carbocycles. The molecule has 1 fully saturated rings. The molecular formula is C15H23N3O2. The highest BCUT2D eigenvalue weighted by Gasteiger charge is 2.26. The van der Waals surface area contributed by atoms with Crippen LogP contribution in [0.15, 0.2) is 12.4 Å². The number of carboxylic acid groups (broad SMARTS) is 1. The topological polar surface area (TPSA) is 75.1 Å². The predicted octanol–water partition coefficient (Wildman–Crippen LogP) is 2.19. The zero-order valence-electron chi connectivity index (χ0n) is 12.2. The second kappa shape index (κ2) is 6.79. The predicted molar refractivity (Wildman–Crippen MR) is 76.3 cm³/mol. The lowest BCUT2D eigenvalue weighted by atomic mass is 9.97. The molecule has 2 N–H and O–H groups in total. The van der Waals surface area contributed by atoms with Crippen LogP contribution in [0, 0.1) is 11.8 Å². The molecule has 0 saturated heterocycles. The minimum atomic E-state index is -0.730. The number of rotatable bonds is 8. The molecule has 1 heterocycles. The van der Waals surface area contributed by atoms with E-state index in [0.29, 0.717) is 31.3 Å². The van der Waals surface area contributed by atoms with E-state index in [1.54, 1.807) is 0 Å². The normalized spacial score (nSPS) is 16.4. The average Bonchev–Trinajstić information content (AvgIpc) is 3.22. The third kappa shape index (κ3) is 4.56. The van der Waals surface area contributed by atoms with Gasteiger partial charge >= 0.3 is 5.97 Å². The number of aromatic nitrogens is 2. The summed E-state index contributed by atoms with van der Waals surface area (Å²) in [6.45, 7) is 5.19. The van der Waals surface area contributed by atoms with Crippen LogP contribution in [0.4, 0.5) is 0 Å². The van der Waals surface area contributed by atoms with Crippen LogP contribution in [0.5, 0.6) is 0 Å². The van der Waals surface area contributed by atoms with Gasteiger partial charge in [0.15, 0.2) is 0 Å². The summed E-state index contributed by atoms with van der Waals surface area (Å²) in [4.78, 5) is 19.8. The summed E-state index contributed by atoms with van der Waals surface area (Å²) in [5, 5.41) is 12.4. The Labute approximate surface area is 119 Å². The quantitative estimate of drug-likeness (QED) is 0.762. The summed E-state index contributed by atoms with van der Waals surface area (Å²) < 4.78 is 0. The van der Waals surface area contributed by atoms with Crippen LogP contribution in [0.25, 0.3) is 0 Å². The molecule has 110 valence electrons. The minimum absolute atomic E-state index is 0.332. The van der Waals surface area contributed by atoms with Crippen molar-refractivity contribution in [3.63, 3.8) is 0 Å². The first-order chi connectivity index (χ1) is 9.56. The van der Waals surface area contributed by atoms with Crippen LogP contribution >= 0.6 is 0 Å². The Morgan fingerprint density at radius 1 is 1.40 bits per heavy atom. The van der Waals surface area contributed by atoms with E-state index < -0.39 is 5.97 Å².